The van der Waals surface area contributed by atoms with Crippen LogP contribution in [0, 0.1) is 17.2 Å². The fraction of sp³-hybridized carbons (Fsp3) is 0.500. The minimum atomic E-state index is -0.363. The highest BCUT2D eigenvalue weighted by molar-refractivity contribution is 5.92. The molecule has 0 saturated heterocycles. The first kappa shape index (κ1) is 13.3. The van der Waals surface area contributed by atoms with E-state index in [0.717, 1.165) is 0 Å². The molecule has 1 aromatic heterocycles. The van der Waals surface area contributed by atoms with E-state index in [1.807, 2.05) is 13.0 Å². The molecule has 0 bridgehead atoms. The minimum absolute atomic E-state index is 0.212. The molecule has 1 rings (SSSR count). The molecular weight excluding hydrogens is 218 g/mol. The van der Waals surface area contributed by atoms with Crippen LogP contribution in [0.15, 0.2) is 12.3 Å². The molecule has 1 aromatic rings. The Balaban J connectivity index is 2.42. The summed E-state index contributed by atoms with van der Waals surface area (Å²) in [4.78, 5) is 14.4. The fourth-order valence-electron chi connectivity index (χ4n) is 1.62. The lowest BCUT2D eigenvalue weighted by Gasteiger charge is -2.13. The molecule has 2 atom stereocenters. The average Bonchev–Trinajstić information content (AvgIpc) is 2.73. The van der Waals surface area contributed by atoms with Crippen LogP contribution in [0.1, 0.15) is 36.3 Å². The van der Waals surface area contributed by atoms with Gasteiger partial charge in [-0.15, -0.1) is 0 Å². The lowest BCUT2D eigenvalue weighted by Crippen LogP contribution is -2.29. The molecule has 0 radical (unpaired) electrons. The van der Waals surface area contributed by atoms with E-state index in [2.05, 4.69) is 10.3 Å². The van der Waals surface area contributed by atoms with Crippen LogP contribution >= 0.6 is 0 Å². The van der Waals surface area contributed by atoms with Gasteiger partial charge in [-0.2, -0.15) is 5.26 Å². The Bertz CT molecular complexity index is 418. The molecule has 0 aliphatic heterocycles. The lowest BCUT2D eigenvalue weighted by atomic mass is 10.0. The molecule has 0 aliphatic rings. The minimum Gasteiger partial charge on any atom is -0.393 e. The fourth-order valence-corrected chi connectivity index (χ4v) is 1.62. The van der Waals surface area contributed by atoms with E-state index in [0.29, 0.717) is 24.2 Å². The van der Waals surface area contributed by atoms with Gasteiger partial charge in [-0.1, -0.05) is 6.92 Å². The Labute approximate surface area is 100 Å². The predicted octanol–water partition coefficient (Wildman–Crippen LogP) is 1.02. The van der Waals surface area contributed by atoms with Gasteiger partial charge >= 0.3 is 0 Å². The first-order valence-corrected chi connectivity index (χ1v) is 5.57. The number of carbonyl (C=O) groups excluding carboxylic acids is 1. The average molecular weight is 235 g/mol. The summed E-state index contributed by atoms with van der Waals surface area (Å²) in [5.74, 6) is -0.0201. The highest BCUT2D eigenvalue weighted by Gasteiger charge is 2.11. The number of amides is 1. The molecular formula is C12H17N3O2. The maximum absolute atomic E-state index is 11.6. The van der Waals surface area contributed by atoms with E-state index in [4.69, 9.17) is 5.26 Å². The van der Waals surface area contributed by atoms with Crippen LogP contribution < -0.4 is 5.32 Å². The van der Waals surface area contributed by atoms with Crippen LogP contribution in [0.5, 0.6) is 0 Å². The van der Waals surface area contributed by atoms with Crippen molar-refractivity contribution in [2.45, 2.75) is 26.4 Å². The number of carbonyl (C=O) groups is 1. The maximum Gasteiger partial charge on any atom is 0.267 e. The summed E-state index contributed by atoms with van der Waals surface area (Å²) in [5.41, 5.74) is 0.818. The number of hydrogen-bond donors (Lipinski definition) is 3. The van der Waals surface area contributed by atoms with E-state index >= 15 is 0 Å². The largest absolute Gasteiger partial charge is 0.393 e. The van der Waals surface area contributed by atoms with E-state index in [1.165, 1.54) is 12.3 Å². The summed E-state index contributed by atoms with van der Waals surface area (Å²) in [6, 6.07) is 3.46. The van der Waals surface area contributed by atoms with Crippen LogP contribution in [0.3, 0.4) is 0 Å². The first-order chi connectivity index (χ1) is 8.02. The van der Waals surface area contributed by atoms with Gasteiger partial charge in [-0.25, -0.2) is 0 Å². The Hall–Kier alpha value is -1.80. The smallest absolute Gasteiger partial charge is 0.267 e. The number of nitrogens with zero attached hydrogens (tertiary/aromatic N) is 1. The van der Waals surface area contributed by atoms with Gasteiger partial charge in [-0.3, -0.25) is 4.79 Å². The van der Waals surface area contributed by atoms with Crippen LogP contribution in [-0.2, 0) is 0 Å². The molecule has 0 saturated carbocycles. The molecule has 3 N–H and O–H groups in total. The molecule has 5 nitrogen and oxygen atoms in total. The summed E-state index contributed by atoms with van der Waals surface area (Å²) >= 11 is 0. The molecule has 5 heteroatoms. The van der Waals surface area contributed by atoms with Crippen molar-refractivity contribution in [1.82, 2.24) is 10.3 Å². The molecule has 0 aromatic carbocycles. The summed E-state index contributed by atoms with van der Waals surface area (Å²) in [6.07, 6.45) is 1.78. The van der Waals surface area contributed by atoms with Gasteiger partial charge in [0, 0.05) is 12.7 Å². The monoisotopic (exact) mass is 235 g/mol. The van der Waals surface area contributed by atoms with Crippen molar-refractivity contribution in [2.75, 3.05) is 6.54 Å². The van der Waals surface area contributed by atoms with Crippen LogP contribution in [0.4, 0.5) is 0 Å². The second-order valence-corrected chi connectivity index (χ2v) is 4.31. The van der Waals surface area contributed by atoms with Gasteiger partial charge in [0.05, 0.1) is 11.7 Å². The van der Waals surface area contributed by atoms with Crippen molar-refractivity contribution in [1.29, 1.82) is 5.26 Å². The normalized spacial score (nSPS) is 13.8. The Morgan fingerprint density at radius 2 is 2.35 bits per heavy atom. The van der Waals surface area contributed by atoms with Crippen LogP contribution in [-0.4, -0.2) is 28.6 Å². The van der Waals surface area contributed by atoms with Gasteiger partial charge in [0.25, 0.3) is 5.91 Å². The zero-order valence-electron chi connectivity index (χ0n) is 10.0. The number of nitriles is 1. The summed E-state index contributed by atoms with van der Waals surface area (Å²) < 4.78 is 0. The number of aromatic amines is 1. The molecule has 0 aliphatic carbocycles. The molecule has 1 amide bonds. The van der Waals surface area contributed by atoms with Gasteiger partial charge in [-0.05, 0) is 25.3 Å². The third-order valence-corrected chi connectivity index (χ3v) is 2.41. The summed E-state index contributed by atoms with van der Waals surface area (Å²) in [6.45, 7) is 4.19. The standard InChI is InChI=1S/C12H17N3O2/c1-8(3-9(2)16)6-15-12(17)11-4-10(5-13)7-14-11/h4,7-9,14,16H,3,6H2,1-2H3,(H,15,17). The van der Waals surface area contributed by atoms with Gasteiger partial charge < -0.3 is 15.4 Å². The molecule has 1 heterocycles. The number of rotatable bonds is 5. The van der Waals surface area contributed by atoms with Crippen molar-refractivity contribution in [3.05, 3.63) is 23.5 Å². The van der Waals surface area contributed by atoms with Gasteiger partial charge in [0.1, 0.15) is 11.8 Å². The Morgan fingerprint density at radius 3 is 2.88 bits per heavy atom. The van der Waals surface area contributed by atoms with Crippen LogP contribution in [0.2, 0.25) is 0 Å². The van der Waals surface area contributed by atoms with Crippen molar-refractivity contribution in [2.24, 2.45) is 5.92 Å². The zero-order valence-corrected chi connectivity index (χ0v) is 10.0. The highest BCUT2D eigenvalue weighted by atomic mass is 16.3. The summed E-state index contributed by atoms with van der Waals surface area (Å²) in [5, 5.41) is 20.6. The van der Waals surface area contributed by atoms with Gasteiger partial charge in [0.2, 0.25) is 0 Å². The Morgan fingerprint density at radius 1 is 1.65 bits per heavy atom. The Kier molecular flexibility index (Phi) is 4.73. The molecule has 0 fully saturated rings. The number of aliphatic hydroxyl groups is 1. The quantitative estimate of drug-likeness (QED) is 0.712. The van der Waals surface area contributed by atoms with E-state index in [9.17, 15) is 9.90 Å². The molecule has 2 unspecified atom stereocenters. The third kappa shape index (κ3) is 4.29. The molecule has 92 valence electrons. The number of H-pyrrole nitrogens is 1. The predicted molar refractivity (Wildman–Crippen MR) is 63.3 cm³/mol. The number of aliphatic hydroxyl groups excluding tert-OH is 1. The topological polar surface area (TPSA) is 88.9 Å². The zero-order chi connectivity index (χ0) is 12.8. The summed E-state index contributed by atoms with van der Waals surface area (Å²) in [7, 11) is 0. The van der Waals surface area contributed by atoms with E-state index in [1.54, 1.807) is 6.92 Å². The lowest BCUT2D eigenvalue weighted by molar-refractivity contribution is 0.0935. The van der Waals surface area contributed by atoms with E-state index < -0.39 is 0 Å². The highest BCUT2D eigenvalue weighted by Crippen LogP contribution is 2.05. The maximum atomic E-state index is 11.6. The second kappa shape index (κ2) is 6.06. The third-order valence-electron chi connectivity index (χ3n) is 2.41. The van der Waals surface area contributed by atoms with Gasteiger partial charge in [0.15, 0.2) is 0 Å². The number of nitrogens with one attached hydrogen (secondary N) is 2. The van der Waals surface area contributed by atoms with Crippen molar-refractivity contribution < 1.29 is 9.90 Å². The van der Waals surface area contributed by atoms with Crippen molar-refractivity contribution >= 4 is 5.91 Å². The number of hydrogen-bond acceptors (Lipinski definition) is 3. The van der Waals surface area contributed by atoms with Crippen molar-refractivity contribution in [3.63, 3.8) is 0 Å². The number of aromatic nitrogens is 1. The van der Waals surface area contributed by atoms with E-state index in [-0.39, 0.29) is 17.9 Å². The SMILES string of the molecule is CC(O)CC(C)CNC(=O)c1cc(C#N)c[nH]1. The second-order valence-electron chi connectivity index (χ2n) is 4.31. The first-order valence-electron chi connectivity index (χ1n) is 5.57. The molecule has 17 heavy (non-hydrogen) atoms. The molecule has 0 spiro atoms. The van der Waals surface area contributed by atoms with Crippen LogP contribution in [0.25, 0.3) is 0 Å². The van der Waals surface area contributed by atoms with Crippen molar-refractivity contribution in [3.8, 4) is 6.07 Å².